The van der Waals surface area contributed by atoms with Crippen molar-refractivity contribution in [2.75, 3.05) is 39.5 Å². The fourth-order valence-electron chi connectivity index (χ4n) is 1.94. The van der Waals surface area contributed by atoms with Gasteiger partial charge >= 0.3 is 0 Å². The maximum atomic E-state index is 10.4. The van der Waals surface area contributed by atoms with Gasteiger partial charge in [-0.1, -0.05) is 12.1 Å². The van der Waals surface area contributed by atoms with E-state index in [1.807, 2.05) is 24.3 Å². The van der Waals surface area contributed by atoms with Gasteiger partial charge in [0.25, 0.3) is 0 Å². The molecule has 0 amide bonds. The van der Waals surface area contributed by atoms with Crippen LogP contribution >= 0.6 is 0 Å². The molecule has 98 valence electrons. The summed E-state index contributed by atoms with van der Waals surface area (Å²) in [5.41, 5.74) is 1.02. The van der Waals surface area contributed by atoms with Gasteiger partial charge in [-0.25, -0.2) is 0 Å². The quantitative estimate of drug-likeness (QED) is 0.709. The van der Waals surface area contributed by atoms with E-state index in [4.69, 9.17) is 9.47 Å². The van der Waals surface area contributed by atoms with E-state index in [1.54, 1.807) is 0 Å². The molecular formula is C14H19NO3. The molecule has 18 heavy (non-hydrogen) atoms. The van der Waals surface area contributed by atoms with Crippen molar-refractivity contribution in [3.8, 4) is 5.75 Å². The van der Waals surface area contributed by atoms with Crippen LogP contribution in [0.1, 0.15) is 5.56 Å². The average molecular weight is 249 g/mol. The summed E-state index contributed by atoms with van der Waals surface area (Å²) in [5.74, 6) is 0.859. The summed E-state index contributed by atoms with van der Waals surface area (Å²) in [6, 6.07) is 7.69. The standard InChI is InChI=1S/C14H19NO3/c16-9-5-13-1-3-14(4-2-13)18-12-8-15-6-10-17-11-7-15/h1-4,9H,5-8,10-12H2. The molecule has 0 saturated carbocycles. The molecule has 0 aliphatic carbocycles. The lowest BCUT2D eigenvalue weighted by molar-refractivity contribution is -0.107. The summed E-state index contributed by atoms with van der Waals surface area (Å²) in [7, 11) is 0. The number of nitrogens with zero attached hydrogens (tertiary/aromatic N) is 1. The number of benzene rings is 1. The molecule has 1 aliphatic heterocycles. The Morgan fingerprint density at radius 2 is 1.94 bits per heavy atom. The third-order valence-corrected chi connectivity index (χ3v) is 3.02. The fourth-order valence-corrected chi connectivity index (χ4v) is 1.94. The van der Waals surface area contributed by atoms with Crippen LogP contribution in [-0.4, -0.2) is 50.6 Å². The third kappa shape index (κ3) is 4.13. The first-order valence-corrected chi connectivity index (χ1v) is 6.34. The lowest BCUT2D eigenvalue weighted by atomic mass is 10.2. The van der Waals surface area contributed by atoms with Gasteiger partial charge in [0.1, 0.15) is 18.6 Å². The van der Waals surface area contributed by atoms with Crippen LogP contribution in [0.25, 0.3) is 0 Å². The van der Waals surface area contributed by atoms with Gasteiger partial charge in [0, 0.05) is 26.1 Å². The molecule has 0 atom stereocenters. The second-order valence-corrected chi connectivity index (χ2v) is 4.32. The summed E-state index contributed by atoms with van der Waals surface area (Å²) < 4.78 is 11.0. The van der Waals surface area contributed by atoms with Gasteiger partial charge in [0.05, 0.1) is 13.2 Å². The van der Waals surface area contributed by atoms with E-state index in [0.29, 0.717) is 13.0 Å². The SMILES string of the molecule is O=CCc1ccc(OCCN2CCOCC2)cc1. The zero-order valence-electron chi connectivity index (χ0n) is 10.5. The zero-order chi connectivity index (χ0) is 12.6. The second kappa shape index (κ2) is 7.13. The predicted octanol–water partition coefficient (Wildman–Crippen LogP) is 1.14. The van der Waals surface area contributed by atoms with Crippen LogP contribution in [0.4, 0.5) is 0 Å². The maximum Gasteiger partial charge on any atom is 0.124 e. The largest absolute Gasteiger partial charge is 0.492 e. The van der Waals surface area contributed by atoms with E-state index in [-0.39, 0.29) is 0 Å². The lowest BCUT2D eigenvalue weighted by Crippen LogP contribution is -2.38. The van der Waals surface area contributed by atoms with Crippen molar-refractivity contribution in [1.82, 2.24) is 4.90 Å². The van der Waals surface area contributed by atoms with Gasteiger partial charge in [-0.15, -0.1) is 0 Å². The summed E-state index contributed by atoms with van der Waals surface area (Å²) >= 11 is 0. The van der Waals surface area contributed by atoms with Crippen molar-refractivity contribution >= 4 is 6.29 Å². The Balaban J connectivity index is 1.70. The minimum Gasteiger partial charge on any atom is -0.492 e. The van der Waals surface area contributed by atoms with Crippen LogP contribution in [0, 0.1) is 0 Å². The van der Waals surface area contributed by atoms with Crippen LogP contribution in [0.2, 0.25) is 0 Å². The van der Waals surface area contributed by atoms with Crippen LogP contribution in [0.5, 0.6) is 5.75 Å². The molecule has 4 nitrogen and oxygen atoms in total. The number of carbonyl (C=O) groups is 1. The Morgan fingerprint density at radius 1 is 1.22 bits per heavy atom. The van der Waals surface area contributed by atoms with Crippen LogP contribution < -0.4 is 4.74 Å². The number of rotatable bonds is 6. The Bertz CT molecular complexity index is 358. The molecule has 0 bridgehead atoms. The number of ether oxygens (including phenoxy) is 2. The maximum absolute atomic E-state index is 10.4. The lowest BCUT2D eigenvalue weighted by Gasteiger charge is -2.26. The molecule has 0 unspecified atom stereocenters. The van der Waals surface area contributed by atoms with Gasteiger partial charge in [-0.2, -0.15) is 0 Å². The highest BCUT2D eigenvalue weighted by molar-refractivity contribution is 5.55. The van der Waals surface area contributed by atoms with Crippen molar-refractivity contribution in [2.45, 2.75) is 6.42 Å². The van der Waals surface area contributed by atoms with E-state index < -0.39 is 0 Å². The monoisotopic (exact) mass is 249 g/mol. The van der Waals surface area contributed by atoms with E-state index in [9.17, 15) is 4.79 Å². The Morgan fingerprint density at radius 3 is 2.61 bits per heavy atom. The number of hydrogen-bond acceptors (Lipinski definition) is 4. The van der Waals surface area contributed by atoms with Crippen LogP contribution in [-0.2, 0) is 16.0 Å². The van der Waals surface area contributed by atoms with Gasteiger partial charge in [-0.3, -0.25) is 4.90 Å². The fraction of sp³-hybridized carbons (Fsp3) is 0.500. The molecule has 0 N–H and O–H groups in total. The van der Waals surface area contributed by atoms with Crippen molar-refractivity contribution in [2.24, 2.45) is 0 Å². The van der Waals surface area contributed by atoms with E-state index in [2.05, 4.69) is 4.90 Å². The minimum absolute atomic E-state index is 0.466. The molecule has 0 spiro atoms. The van der Waals surface area contributed by atoms with E-state index >= 15 is 0 Å². The highest BCUT2D eigenvalue weighted by Gasteiger charge is 2.09. The predicted molar refractivity (Wildman–Crippen MR) is 69.0 cm³/mol. The van der Waals surface area contributed by atoms with Gasteiger partial charge < -0.3 is 14.3 Å². The van der Waals surface area contributed by atoms with Gasteiger partial charge in [0.2, 0.25) is 0 Å². The summed E-state index contributed by atoms with van der Waals surface area (Å²) in [4.78, 5) is 12.7. The van der Waals surface area contributed by atoms with Crippen LogP contribution in [0.15, 0.2) is 24.3 Å². The summed E-state index contributed by atoms with van der Waals surface area (Å²) in [6.07, 6.45) is 1.38. The first-order valence-electron chi connectivity index (χ1n) is 6.34. The van der Waals surface area contributed by atoms with E-state index in [1.165, 1.54) is 0 Å². The third-order valence-electron chi connectivity index (χ3n) is 3.02. The summed E-state index contributed by atoms with van der Waals surface area (Å²) in [5, 5.41) is 0. The van der Waals surface area contributed by atoms with Crippen molar-refractivity contribution in [1.29, 1.82) is 0 Å². The van der Waals surface area contributed by atoms with Crippen molar-refractivity contribution in [3.05, 3.63) is 29.8 Å². The first-order chi connectivity index (χ1) is 8.88. The highest BCUT2D eigenvalue weighted by atomic mass is 16.5. The first kappa shape index (κ1) is 13.1. The molecule has 2 rings (SSSR count). The zero-order valence-corrected chi connectivity index (χ0v) is 10.5. The normalized spacial score (nSPS) is 16.4. The smallest absolute Gasteiger partial charge is 0.124 e. The van der Waals surface area contributed by atoms with E-state index in [0.717, 1.165) is 50.4 Å². The number of aldehydes is 1. The number of carbonyl (C=O) groups excluding carboxylic acids is 1. The topological polar surface area (TPSA) is 38.8 Å². The van der Waals surface area contributed by atoms with Gasteiger partial charge in [-0.05, 0) is 17.7 Å². The molecule has 0 aromatic heterocycles. The molecule has 4 heteroatoms. The Labute approximate surface area is 107 Å². The average Bonchev–Trinajstić information content (AvgIpc) is 2.42. The van der Waals surface area contributed by atoms with Crippen molar-refractivity contribution in [3.63, 3.8) is 0 Å². The highest BCUT2D eigenvalue weighted by Crippen LogP contribution is 2.12. The van der Waals surface area contributed by atoms with Crippen molar-refractivity contribution < 1.29 is 14.3 Å². The molecule has 0 radical (unpaired) electrons. The van der Waals surface area contributed by atoms with Gasteiger partial charge in [0.15, 0.2) is 0 Å². The Hall–Kier alpha value is -1.39. The molecule has 1 aliphatic rings. The van der Waals surface area contributed by atoms with Crippen LogP contribution in [0.3, 0.4) is 0 Å². The second-order valence-electron chi connectivity index (χ2n) is 4.32. The molecule has 1 fully saturated rings. The number of morpholine rings is 1. The minimum atomic E-state index is 0.466. The Kier molecular flexibility index (Phi) is 5.17. The molecular weight excluding hydrogens is 230 g/mol. The number of hydrogen-bond donors (Lipinski definition) is 0. The molecule has 1 aromatic carbocycles. The molecule has 1 heterocycles. The molecule has 1 aromatic rings. The molecule has 1 saturated heterocycles. The summed E-state index contributed by atoms with van der Waals surface area (Å²) in [6.45, 7) is 5.23.